The van der Waals surface area contributed by atoms with Gasteiger partial charge in [-0.25, -0.2) is 0 Å². The van der Waals surface area contributed by atoms with Crippen molar-refractivity contribution >= 4 is 12.4 Å². The van der Waals surface area contributed by atoms with E-state index in [0.29, 0.717) is 19.3 Å². The molecule has 0 fully saturated rings. The molecule has 0 saturated carbocycles. The van der Waals surface area contributed by atoms with Crippen molar-refractivity contribution in [3.8, 4) is 0 Å². The van der Waals surface area contributed by atoms with Gasteiger partial charge >= 0.3 is 5.97 Å². The fourth-order valence-electron chi connectivity index (χ4n) is 1.83. The van der Waals surface area contributed by atoms with E-state index in [9.17, 15) is 9.59 Å². The molecular formula is C14H19NO3. The molecule has 0 bridgehead atoms. The van der Waals surface area contributed by atoms with E-state index in [-0.39, 0.29) is 12.5 Å². The third-order valence-corrected chi connectivity index (χ3v) is 2.92. The van der Waals surface area contributed by atoms with Crippen molar-refractivity contribution in [1.29, 1.82) is 0 Å². The number of carboxylic acids is 1. The summed E-state index contributed by atoms with van der Waals surface area (Å²) in [6.45, 7) is 2.10. The zero-order valence-electron chi connectivity index (χ0n) is 10.6. The Morgan fingerprint density at radius 3 is 2.44 bits per heavy atom. The normalized spacial score (nSPS) is 11.8. The molecule has 98 valence electrons. The average molecular weight is 249 g/mol. The number of aliphatic carboxylic acids is 1. The van der Waals surface area contributed by atoms with Crippen LogP contribution in [0.15, 0.2) is 24.3 Å². The van der Waals surface area contributed by atoms with Crippen LogP contribution in [0.1, 0.15) is 30.9 Å². The molecule has 4 heteroatoms. The fourth-order valence-corrected chi connectivity index (χ4v) is 1.83. The molecule has 4 nitrogen and oxygen atoms in total. The molecule has 0 aromatic heterocycles. The monoisotopic (exact) mass is 249 g/mol. The van der Waals surface area contributed by atoms with E-state index >= 15 is 0 Å². The summed E-state index contributed by atoms with van der Waals surface area (Å²) >= 11 is 0. The lowest BCUT2D eigenvalue weighted by Crippen LogP contribution is -2.30. The van der Waals surface area contributed by atoms with Crippen LogP contribution >= 0.6 is 0 Å². The lowest BCUT2D eigenvalue weighted by atomic mass is 10.0. The van der Waals surface area contributed by atoms with Crippen molar-refractivity contribution in [2.45, 2.75) is 38.6 Å². The molecule has 1 amide bonds. The highest BCUT2D eigenvalue weighted by molar-refractivity contribution is 5.66. The summed E-state index contributed by atoms with van der Waals surface area (Å²) in [5.41, 5.74) is 2.38. The Kier molecular flexibility index (Phi) is 5.91. The van der Waals surface area contributed by atoms with Crippen molar-refractivity contribution in [1.82, 2.24) is 5.32 Å². The van der Waals surface area contributed by atoms with E-state index in [4.69, 9.17) is 5.11 Å². The predicted octanol–water partition coefficient (Wildman–Crippen LogP) is 1.77. The SMILES string of the molecule is CCc1ccc(CC(CCC(=O)O)NC=O)cc1. The van der Waals surface area contributed by atoms with Crippen LogP contribution in [0.4, 0.5) is 0 Å². The number of hydrogen-bond donors (Lipinski definition) is 2. The second-order valence-corrected chi connectivity index (χ2v) is 4.29. The van der Waals surface area contributed by atoms with E-state index in [1.807, 2.05) is 12.1 Å². The van der Waals surface area contributed by atoms with Gasteiger partial charge in [0.25, 0.3) is 0 Å². The summed E-state index contributed by atoms with van der Waals surface area (Å²) in [6, 6.07) is 8.05. The molecule has 0 aliphatic carbocycles. The van der Waals surface area contributed by atoms with Crippen LogP contribution in [0.5, 0.6) is 0 Å². The van der Waals surface area contributed by atoms with Gasteiger partial charge in [0.2, 0.25) is 6.41 Å². The predicted molar refractivity (Wildman–Crippen MR) is 69.4 cm³/mol. The van der Waals surface area contributed by atoms with Crippen LogP contribution in [0.2, 0.25) is 0 Å². The Bertz CT molecular complexity index is 387. The second kappa shape index (κ2) is 7.48. The van der Waals surface area contributed by atoms with Crippen molar-refractivity contribution in [3.63, 3.8) is 0 Å². The van der Waals surface area contributed by atoms with Gasteiger partial charge in [-0.2, -0.15) is 0 Å². The standard InChI is InChI=1S/C14H19NO3/c1-2-11-3-5-12(6-4-11)9-13(15-10-16)7-8-14(17)18/h3-6,10,13H,2,7-9H2,1H3,(H,15,16)(H,17,18). The minimum atomic E-state index is -0.839. The van der Waals surface area contributed by atoms with Gasteiger partial charge in [0.1, 0.15) is 0 Å². The lowest BCUT2D eigenvalue weighted by Gasteiger charge is -2.15. The van der Waals surface area contributed by atoms with Crippen molar-refractivity contribution in [2.75, 3.05) is 0 Å². The summed E-state index contributed by atoms with van der Waals surface area (Å²) in [4.78, 5) is 21.0. The highest BCUT2D eigenvalue weighted by atomic mass is 16.4. The van der Waals surface area contributed by atoms with E-state index < -0.39 is 5.97 Å². The molecule has 0 heterocycles. The zero-order valence-corrected chi connectivity index (χ0v) is 10.6. The van der Waals surface area contributed by atoms with Gasteiger partial charge in [0, 0.05) is 12.5 Å². The van der Waals surface area contributed by atoms with E-state index in [2.05, 4.69) is 24.4 Å². The van der Waals surface area contributed by atoms with Gasteiger partial charge in [-0.1, -0.05) is 31.2 Å². The molecule has 1 atom stereocenters. The number of aryl methyl sites for hydroxylation is 1. The Morgan fingerprint density at radius 1 is 1.33 bits per heavy atom. The molecule has 1 aromatic rings. The third kappa shape index (κ3) is 4.99. The van der Waals surface area contributed by atoms with Crippen LogP contribution in [0, 0.1) is 0 Å². The highest BCUT2D eigenvalue weighted by Crippen LogP contribution is 2.10. The summed E-state index contributed by atoms with van der Waals surface area (Å²) in [5.74, 6) is -0.839. The van der Waals surface area contributed by atoms with Gasteiger partial charge in [0.05, 0.1) is 0 Å². The topological polar surface area (TPSA) is 66.4 Å². The Labute approximate surface area is 107 Å². The van der Waals surface area contributed by atoms with Gasteiger partial charge in [0.15, 0.2) is 0 Å². The first-order chi connectivity index (χ1) is 8.65. The van der Waals surface area contributed by atoms with Crippen LogP contribution in [0.3, 0.4) is 0 Å². The first-order valence-corrected chi connectivity index (χ1v) is 6.15. The van der Waals surface area contributed by atoms with Gasteiger partial charge in [-0.15, -0.1) is 0 Å². The average Bonchev–Trinajstić information content (AvgIpc) is 2.37. The van der Waals surface area contributed by atoms with E-state index in [1.54, 1.807) is 0 Å². The van der Waals surface area contributed by atoms with Crippen molar-refractivity contribution < 1.29 is 14.7 Å². The summed E-state index contributed by atoms with van der Waals surface area (Å²) in [6.07, 6.45) is 2.81. The molecule has 1 aromatic carbocycles. The third-order valence-electron chi connectivity index (χ3n) is 2.92. The number of nitrogens with one attached hydrogen (secondary N) is 1. The zero-order chi connectivity index (χ0) is 13.4. The van der Waals surface area contributed by atoms with Gasteiger partial charge in [-0.3, -0.25) is 9.59 Å². The largest absolute Gasteiger partial charge is 0.481 e. The maximum Gasteiger partial charge on any atom is 0.303 e. The Balaban J connectivity index is 2.57. The minimum absolute atomic E-state index is 0.0680. The summed E-state index contributed by atoms with van der Waals surface area (Å²) in [5, 5.41) is 11.3. The van der Waals surface area contributed by atoms with Crippen LogP contribution in [0.25, 0.3) is 0 Å². The number of rotatable bonds is 8. The lowest BCUT2D eigenvalue weighted by molar-refractivity contribution is -0.137. The smallest absolute Gasteiger partial charge is 0.303 e. The molecule has 0 radical (unpaired) electrons. The van der Waals surface area contributed by atoms with E-state index in [1.165, 1.54) is 5.56 Å². The van der Waals surface area contributed by atoms with Crippen LogP contribution in [-0.2, 0) is 22.4 Å². The Hall–Kier alpha value is -1.84. The van der Waals surface area contributed by atoms with Crippen LogP contribution < -0.4 is 5.32 Å². The first kappa shape index (κ1) is 14.2. The molecular weight excluding hydrogens is 230 g/mol. The van der Waals surface area contributed by atoms with Crippen molar-refractivity contribution in [3.05, 3.63) is 35.4 Å². The van der Waals surface area contributed by atoms with Crippen LogP contribution in [-0.4, -0.2) is 23.5 Å². The van der Waals surface area contributed by atoms with E-state index in [0.717, 1.165) is 12.0 Å². The molecule has 0 aliphatic rings. The number of amides is 1. The Morgan fingerprint density at radius 2 is 1.94 bits per heavy atom. The maximum absolute atomic E-state index is 10.5. The number of benzene rings is 1. The van der Waals surface area contributed by atoms with Gasteiger partial charge in [-0.05, 0) is 30.4 Å². The summed E-state index contributed by atoms with van der Waals surface area (Å²) in [7, 11) is 0. The maximum atomic E-state index is 10.5. The molecule has 1 unspecified atom stereocenters. The molecule has 0 aliphatic heterocycles. The first-order valence-electron chi connectivity index (χ1n) is 6.15. The molecule has 1 rings (SSSR count). The summed E-state index contributed by atoms with van der Waals surface area (Å²) < 4.78 is 0. The number of carbonyl (C=O) groups excluding carboxylic acids is 1. The molecule has 0 spiro atoms. The second-order valence-electron chi connectivity index (χ2n) is 4.29. The number of carbonyl (C=O) groups is 2. The molecule has 18 heavy (non-hydrogen) atoms. The molecule has 2 N–H and O–H groups in total. The number of hydrogen-bond acceptors (Lipinski definition) is 2. The number of carboxylic acid groups (broad SMARTS) is 1. The van der Waals surface area contributed by atoms with Gasteiger partial charge < -0.3 is 10.4 Å². The molecule has 0 saturated heterocycles. The fraction of sp³-hybridized carbons (Fsp3) is 0.429. The highest BCUT2D eigenvalue weighted by Gasteiger charge is 2.10. The quantitative estimate of drug-likeness (QED) is 0.690. The van der Waals surface area contributed by atoms with Crippen molar-refractivity contribution in [2.24, 2.45) is 0 Å². The minimum Gasteiger partial charge on any atom is -0.481 e.